The van der Waals surface area contributed by atoms with Crippen molar-refractivity contribution in [3.8, 4) is 0 Å². The number of hydrogen-bond acceptors (Lipinski definition) is 4. The van der Waals surface area contributed by atoms with Crippen LogP contribution in [0.3, 0.4) is 0 Å². The first-order chi connectivity index (χ1) is 12.2. The topological polar surface area (TPSA) is 95.6 Å². The van der Waals surface area contributed by atoms with E-state index in [1.54, 1.807) is 32.3 Å². The number of amides is 2. The number of sulfonamides is 1. The molecule has 2 N–H and O–H groups in total. The highest BCUT2D eigenvalue weighted by Gasteiger charge is 2.15. The van der Waals surface area contributed by atoms with Crippen LogP contribution in [0.25, 0.3) is 0 Å². The minimum atomic E-state index is -3.77. The monoisotopic (exact) mass is 439 g/mol. The van der Waals surface area contributed by atoms with Crippen molar-refractivity contribution in [1.82, 2.24) is 10.2 Å². The summed E-state index contributed by atoms with van der Waals surface area (Å²) in [5, 5.41) is 2.50. The van der Waals surface area contributed by atoms with Crippen molar-refractivity contribution >= 4 is 43.5 Å². The number of halogens is 1. The lowest BCUT2D eigenvalue weighted by atomic mass is 10.2. The largest absolute Gasteiger partial charge is 0.347 e. The van der Waals surface area contributed by atoms with Crippen molar-refractivity contribution in [3.05, 3.63) is 58.6 Å². The SMILES string of the molecule is CN(C)C(=O)CNC(=O)c1cccc(NS(=O)(=O)c2ccc(Br)cc2)c1. The first-order valence-electron chi connectivity index (χ1n) is 7.56. The molecule has 0 fully saturated rings. The molecular weight excluding hydrogens is 422 g/mol. The number of anilines is 1. The Bertz CT molecular complexity index is 912. The Morgan fingerprint density at radius 3 is 2.35 bits per heavy atom. The van der Waals surface area contributed by atoms with E-state index in [1.165, 1.54) is 35.2 Å². The molecule has 0 atom stereocenters. The third-order valence-corrected chi connectivity index (χ3v) is 5.33. The predicted octanol–water partition coefficient (Wildman–Crippen LogP) is 2.07. The number of carbonyl (C=O) groups excluding carboxylic acids is 2. The maximum absolute atomic E-state index is 12.4. The Labute approximate surface area is 160 Å². The molecule has 2 rings (SSSR count). The smallest absolute Gasteiger partial charge is 0.261 e. The Morgan fingerprint density at radius 1 is 1.08 bits per heavy atom. The molecule has 0 bridgehead atoms. The molecule has 0 saturated heterocycles. The zero-order valence-corrected chi connectivity index (χ0v) is 16.6. The van der Waals surface area contributed by atoms with Crippen LogP contribution >= 0.6 is 15.9 Å². The molecule has 0 spiro atoms. The van der Waals surface area contributed by atoms with Gasteiger partial charge >= 0.3 is 0 Å². The van der Waals surface area contributed by atoms with Crippen molar-refractivity contribution in [2.75, 3.05) is 25.4 Å². The lowest BCUT2D eigenvalue weighted by molar-refractivity contribution is -0.127. The fourth-order valence-electron chi connectivity index (χ4n) is 1.97. The first kappa shape index (κ1) is 19.9. The molecule has 0 radical (unpaired) electrons. The van der Waals surface area contributed by atoms with Gasteiger partial charge in [0.2, 0.25) is 5.91 Å². The van der Waals surface area contributed by atoms with E-state index in [9.17, 15) is 18.0 Å². The summed E-state index contributed by atoms with van der Waals surface area (Å²) in [4.78, 5) is 25.1. The molecule has 138 valence electrons. The van der Waals surface area contributed by atoms with E-state index < -0.39 is 15.9 Å². The van der Waals surface area contributed by atoms with Crippen molar-refractivity contribution in [3.63, 3.8) is 0 Å². The van der Waals surface area contributed by atoms with E-state index in [0.717, 1.165) is 4.47 Å². The second kappa shape index (κ2) is 8.33. The maximum Gasteiger partial charge on any atom is 0.261 e. The molecule has 0 aliphatic carbocycles. The molecule has 9 heteroatoms. The third kappa shape index (κ3) is 5.30. The first-order valence-corrected chi connectivity index (χ1v) is 9.83. The van der Waals surface area contributed by atoms with Crippen LogP contribution in [0, 0.1) is 0 Å². The maximum atomic E-state index is 12.4. The van der Waals surface area contributed by atoms with Gasteiger partial charge in [0.1, 0.15) is 0 Å². The zero-order chi connectivity index (χ0) is 19.3. The van der Waals surface area contributed by atoms with Gasteiger partial charge in [0.05, 0.1) is 11.4 Å². The average Bonchev–Trinajstić information content (AvgIpc) is 2.59. The number of likely N-dealkylation sites (N-methyl/N-ethyl adjacent to an activating group) is 1. The second-order valence-electron chi connectivity index (χ2n) is 5.61. The quantitative estimate of drug-likeness (QED) is 0.719. The summed E-state index contributed by atoms with van der Waals surface area (Å²) in [6, 6.07) is 12.2. The van der Waals surface area contributed by atoms with Crippen LogP contribution in [-0.4, -0.2) is 45.8 Å². The van der Waals surface area contributed by atoms with Gasteiger partial charge < -0.3 is 10.2 Å². The van der Waals surface area contributed by atoms with E-state index in [2.05, 4.69) is 26.0 Å². The van der Waals surface area contributed by atoms with Crippen LogP contribution in [0.4, 0.5) is 5.69 Å². The van der Waals surface area contributed by atoms with Gasteiger partial charge in [-0.1, -0.05) is 22.0 Å². The van der Waals surface area contributed by atoms with Crippen LogP contribution in [0.2, 0.25) is 0 Å². The fraction of sp³-hybridized carbons (Fsp3) is 0.176. The van der Waals surface area contributed by atoms with E-state index in [-0.39, 0.29) is 28.6 Å². The normalized spacial score (nSPS) is 10.9. The van der Waals surface area contributed by atoms with Gasteiger partial charge in [0.25, 0.3) is 15.9 Å². The van der Waals surface area contributed by atoms with Crippen LogP contribution in [0.1, 0.15) is 10.4 Å². The standard InChI is InChI=1S/C17H18BrN3O4S/c1-21(2)16(22)11-19-17(23)12-4-3-5-14(10-12)20-26(24,25)15-8-6-13(18)7-9-15/h3-10,20H,11H2,1-2H3,(H,19,23). The van der Waals surface area contributed by atoms with Gasteiger partial charge in [0, 0.05) is 29.8 Å². The molecule has 0 unspecified atom stereocenters. The van der Waals surface area contributed by atoms with Crippen LogP contribution < -0.4 is 10.0 Å². The molecule has 0 aliphatic rings. The van der Waals surface area contributed by atoms with Crippen LogP contribution in [0.15, 0.2) is 57.9 Å². The van der Waals surface area contributed by atoms with Gasteiger partial charge in [0.15, 0.2) is 0 Å². The molecule has 0 saturated carbocycles. The van der Waals surface area contributed by atoms with Gasteiger partial charge in [-0.25, -0.2) is 8.42 Å². The van der Waals surface area contributed by atoms with Crippen LogP contribution in [0.5, 0.6) is 0 Å². The molecule has 2 aromatic carbocycles. The molecule has 0 aliphatic heterocycles. The number of benzene rings is 2. The predicted molar refractivity (Wildman–Crippen MR) is 102 cm³/mol. The van der Waals surface area contributed by atoms with E-state index >= 15 is 0 Å². The number of nitrogens with zero attached hydrogens (tertiary/aromatic N) is 1. The van der Waals surface area contributed by atoms with Crippen LogP contribution in [-0.2, 0) is 14.8 Å². The number of hydrogen-bond donors (Lipinski definition) is 2. The molecule has 0 heterocycles. The highest BCUT2D eigenvalue weighted by Crippen LogP contribution is 2.19. The average molecular weight is 440 g/mol. The highest BCUT2D eigenvalue weighted by molar-refractivity contribution is 9.10. The molecule has 26 heavy (non-hydrogen) atoms. The van der Waals surface area contributed by atoms with Gasteiger partial charge in [-0.2, -0.15) is 0 Å². The Hall–Kier alpha value is -2.39. The number of nitrogens with one attached hydrogen (secondary N) is 2. The molecule has 2 aromatic rings. The fourth-order valence-corrected chi connectivity index (χ4v) is 3.28. The lowest BCUT2D eigenvalue weighted by Gasteiger charge is -2.12. The minimum Gasteiger partial charge on any atom is -0.347 e. The van der Waals surface area contributed by atoms with Gasteiger partial charge in [-0.3, -0.25) is 14.3 Å². The summed E-state index contributed by atoms with van der Waals surface area (Å²) >= 11 is 3.25. The summed E-state index contributed by atoms with van der Waals surface area (Å²) in [5.41, 5.74) is 0.493. The van der Waals surface area contributed by atoms with E-state index in [1.807, 2.05) is 0 Å². The minimum absolute atomic E-state index is 0.104. The third-order valence-electron chi connectivity index (χ3n) is 3.40. The zero-order valence-electron chi connectivity index (χ0n) is 14.2. The van der Waals surface area contributed by atoms with E-state index in [4.69, 9.17) is 0 Å². The Morgan fingerprint density at radius 2 is 1.73 bits per heavy atom. The Kier molecular flexibility index (Phi) is 6.38. The van der Waals surface area contributed by atoms with Gasteiger partial charge in [-0.05, 0) is 42.5 Å². The molecular formula is C17H18BrN3O4S. The van der Waals surface area contributed by atoms with Crippen molar-refractivity contribution in [2.45, 2.75) is 4.90 Å². The van der Waals surface area contributed by atoms with Crippen molar-refractivity contribution < 1.29 is 18.0 Å². The highest BCUT2D eigenvalue weighted by atomic mass is 79.9. The summed E-state index contributed by atoms with van der Waals surface area (Å²) in [6.45, 7) is -0.138. The molecule has 0 aromatic heterocycles. The molecule has 7 nitrogen and oxygen atoms in total. The van der Waals surface area contributed by atoms with E-state index in [0.29, 0.717) is 0 Å². The van der Waals surface area contributed by atoms with Crippen molar-refractivity contribution in [1.29, 1.82) is 0 Å². The summed E-state index contributed by atoms with van der Waals surface area (Å²) in [5.74, 6) is -0.713. The second-order valence-corrected chi connectivity index (χ2v) is 8.21. The van der Waals surface area contributed by atoms with Crippen molar-refractivity contribution in [2.24, 2.45) is 0 Å². The van der Waals surface area contributed by atoms with Gasteiger partial charge in [-0.15, -0.1) is 0 Å². The number of rotatable bonds is 6. The number of carbonyl (C=O) groups is 2. The lowest BCUT2D eigenvalue weighted by Crippen LogP contribution is -2.36. The molecule has 2 amide bonds. The Balaban J connectivity index is 2.12. The summed E-state index contributed by atoms with van der Waals surface area (Å²) < 4.78 is 28.0. The summed E-state index contributed by atoms with van der Waals surface area (Å²) in [7, 11) is -0.594. The summed E-state index contributed by atoms with van der Waals surface area (Å²) in [6.07, 6.45) is 0.